The minimum Gasteiger partial charge on any atom is -0.478 e. The Morgan fingerprint density at radius 3 is 2.55 bits per heavy atom. The highest BCUT2D eigenvalue weighted by Crippen LogP contribution is 2.32. The lowest BCUT2D eigenvalue weighted by Gasteiger charge is -2.37. The highest BCUT2D eigenvalue weighted by molar-refractivity contribution is 5.96. The second-order valence-electron chi connectivity index (χ2n) is 10.0. The van der Waals surface area contributed by atoms with E-state index < -0.39 is 5.97 Å². The van der Waals surface area contributed by atoms with Crippen molar-refractivity contribution in [2.45, 2.75) is 19.9 Å². The third-order valence-electron chi connectivity index (χ3n) is 7.42. The number of nitrogens with zero attached hydrogens (tertiary/aromatic N) is 7. The van der Waals surface area contributed by atoms with Gasteiger partial charge in [-0.1, -0.05) is 30.3 Å². The fraction of sp³-hybridized carbons (Fsp3) is 0.233. The number of fused-ring (bicyclic) bond motifs is 3. The highest BCUT2D eigenvalue weighted by atomic mass is 16.4. The molecule has 2 N–H and O–H groups in total. The molecule has 3 heterocycles. The molecule has 10 nitrogen and oxygen atoms in total. The molecule has 0 spiro atoms. The summed E-state index contributed by atoms with van der Waals surface area (Å²) in [6.45, 7) is 6.95. The van der Waals surface area contributed by atoms with Gasteiger partial charge in [0, 0.05) is 42.8 Å². The number of anilines is 3. The van der Waals surface area contributed by atoms with Gasteiger partial charge >= 0.3 is 5.97 Å². The van der Waals surface area contributed by atoms with Crippen molar-refractivity contribution in [1.82, 2.24) is 19.6 Å². The molecule has 1 aliphatic rings. The molecule has 1 fully saturated rings. The molecular weight excluding hydrogens is 504 g/mol. The van der Waals surface area contributed by atoms with E-state index in [9.17, 15) is 15.2 Å². The maximum atomic E-state index is 11.8. The summed E-state index contributed by atoms with van der Waals surface area (Å²) < 4.78 is 1.93. The molecule has 3 aromatic carbocycles. The Balaban J connectivity index is 1.38. The van der Waals surface area contributed by atoms with Gasteiger partial charge in [-0.15, -0.1) is 10.2 Å². The number of carboxylic acids is 1. The van der Waals surface area contributed by atoms with Crippen LogP contribution in [-0.4, -0.2) is 56.8 Å². The largest absolute Gasteiger partial charge is 0.478 e. The van der Waals surface area contributed by atoms with Crippen molar-refractivity contribution in [1.29, 1.82) is 5.26 Å². The summed E-state index contributed by atoms with van der Waals surface area (Å²) >= 11 is 0. The molecule has 40 heavy (non-hydrogen) atoms. The van der Waals surface area contributed by atoms with E-state index in [1.165, 1.54) is 0 Å². The quantitative estimate of drug-likeness (QED) is 0.321. The number of aryl methyl sites for hydroxylation is 1. The predicted octanol–water partition coefficient (Wildman–Crippen LogP) is 4.66. The average Bonchev–Trinajstić information content (AvgIpc) is 3.47. The van der Waals surface area contributed by atoms with E-state index in [-0.39, 0.29) is 11.6 Å². The number of nitrogens with one attached hydrogen (secondary N) is 1. The van der Waals surface area contributed by atoms with E-state index >= 15 is 0 Å². The van der Waals surface area contributed by atoms with E-state index in [0.29, 0.717) is 24.3 Å². The SMILES string of the molecule is Cc1cc([C@@H](C)Nc2ccccc2C(=O)O)c2nc(N3CCN(c4ccccc4C#N)CC3)n3cnnc3c2c1. The summed E-state index contributed by atoms with van der Waals surface area (Å²) in [5.41, 5.74) is 5.91. The summed E-state index contributed by atoms with van der Waals surface area (Å²) in [5, 5.41) is 32.2. The van der Waals surface area contributed by atoms with Gasteiger partial charge < -0.3 is 20.2 Å². The molecule has 0 saturated carbocycles. The predicted molar refractivity (Wildman–Crippen MR) is 154 cm³/mol. The van der Waals surface area contributed by atoms with Gasteiger partial charge in [-0.2, -0.15) is 5.26 Å². The molecule has 2 aromatic heterocycles. The number of rotatable bonds is 6. The molecule has 0 amide bonds. The molecule has 0 unspecified atom stereocenters. The number of hydrogen-bond acceptors (Lipinski definition) is 8. The number of aromatic nitrogens is 4. The van der Waals surface area contributed by atoms with Crippen LogP contribution in [0.2, 0.25) is 0 Å². The van der Waals surface area contributed by atoms with Gasteiger partial charge in [0.25, 0.3) is 0 Å². The molecule has 0 bridgehead atoms. The second kappa shape index (κ2) is 10.2. The number of benzene rings is 3. The molecule has 0 radical (unpaired) electrons. The first kappa shape index (κ1) is 25.1. The molecule has 1 atom stereocenters. The van der Waals surface area contributed by atoms with E-state index in [2.05, 4.69) is 43.5 Å². The van der Waals surface area contributed by atoms with Crippen LogP contribution in [0.1, 0.15) is 40.0 Å². The summed E-state index contributed by atoms with van der Waals surface area (Å²) in [6, 6.07) is 20.8. The summed E-state index contributed by atoms with van der Waals surface area (Å²) in [7, 11) is 0. The smallest absolute Gasteiger partial charge is 0.337 e. The fourth-order valence-electron chi connectivity index (χ4n) is 5.47. The number of aromatic carboxylic acids is 1. The van der Waals surface area contributed by atoms with Crippen molar-refractivity contribution in [2.24, 2.45) is 0 Å². The Labute approximate surface area is 231 Å². The lowest BCUT2D eigenvalue weighted by atomic mass is 10.0. The number of piperazine rings is 1. The van der Waals surface area contributed by atoms with E-state index in [0.717, 1.165) is 52.4 Å². The molecule has 5 aromatic rings. The Morgan fingerprint density at radius 2 is 1.77 bits per heavy atom. The third kappa shape index (κ3) is 4.41. The molecule has 10 heteroatoms. The fourth-order valence-corrected chi connectivity index (χ4v) is 5.47. The van der Waals surface area contributed by atoms with Crippen LogP contribution in [-0.2, 0) is 0 Å². The van der Waals surface area contributed by atoms with Crippen LogP contribution in [0, 0.1) is 18.3 Å². The molecular formula is C30H28N8O2. The van der Waals surface area contributed by atoms with Crippen molar-refractivity contribution in [3.63, 3.8) is 0 Å². The Morgan fingerprint density at radius 1 is 1.05 bits per heavy atom. The van der Waals surface area contributed by atoms with Crippen molar-refractivity contribution >= 4 is 39.8 Å². The van der Waals surface area contributed by atoms with E-state index in [4.69, 9.17) is 4.98 Å². The Hall–Kier alpha value is -5.17. The standard InChI is InChI=1S/C30H28N8O2/c1-19-15-23(20(2)33-25-9-5-4-8-22(25)29(39)40)27-24(16-19)28-35-32-18-38(28)30(34-27)37-13-11-36(12-14-37)26-10-6-3-7-21(26)17-31/h3-10,15-16,18,20,33H,11-14H2,1-2H3,(H,39,40)/t20-/m1/s1. The highest BCUT2D eigenvalue weighted by Gasteiger charge is 2.25. The molecule has 1 aliphatic heterocycles. The van der Waals surface area contributed by atoms with Crippen LogP contribution >= 0.6 is 0 Å². The molecule has 6 rings (SSSR count). The minimum absolute atomic E-state index is 0.218. The summed E-state index contributed by atoms with van der Waals surface area (Å²) in [4.78, 5) is 21.4. The lowest BCUT2D eigenvalue weighted by Crippen LogP contribution is -2.47. The van der Waals surface area contributed by atoms with Gasteiger partial charge in [0.15, 0.2) is 5.65 Å². The molecule has 200 valence electrons. The van der Waals surface area contributed by atoms with Gasteiger partial charge in [0.05, 0.1) is 28.4 Å². The van der Waals surface area contributed by atoms with E-state index in [1.54, 1.807) is 24.5 Å². The van der Waals surface area contributed by atoms with Crippen LogP contribution < -0.4 is 15.1 Å². The maximum absolute atomic E-state index is 11.8. The van der Waals surface area contributed by atoms with Crippen molar-refractivity contribution in [2.75, 3.05) is 41.3 Å². The molecule has 1 saturated heterocycles. The van der Waals surface area contributed by atoms with Crippen LogP contribution in [0.15, 0.2) is 67.0 Å². The third-order valence-corrected chi connectivity index (χ3v) is 7.42. The minimum atomic E-state index is -0.980. The Kier molecular flexibility index (Phi) is 6.40. The summed E-state index contributed by atoms with van der Waals surface area (Å²) in [6.07, 6.45) is 1.70. The van der Waals surface area contributed by atoms with E-state index in [1.807, 2.05) is 48.6 Å². The zero-order valence-electron chi connectivity index (χ0n) is 22.2. The zero-order valence-corrected chi connectivity index (χ0v) is 22.2. The van der Waals surface area contributed by atoms with Crippen LogP contribution in [0.4, 0.5) is 17.3 Å². The first-order chi connectivity index (χ1) is 19.4. The molecule has 0 aliphatic carbocycles. The van der Waals surface area contributed by atoms with Crippen molar-refractivity contribution < 1.29 is 9.90 Å². The topological polar surface area (TPSA) is 123 Å². The van der Waals surface area contributed by atoms with Gasteiger partial charge in [-0.05, 0) is 49.7 Å². The van der Waals surface area contributed by atoms with Gasteiger partial charge in [0.1, 0.15) is 12.4 Å². The lowest BCUT2D eigenvalue weighted by molar-refractivity contribution is 0.0698. The van der Waals surface area contributed by atoms with Crippen molar-refractivity contribution in [3.8, 4) is 6.07 Å². The summed E-state index contributed by atoms with van der Waals surface area (Å²) in [5.74, 6) is -0.226. The number of carboxylic acid groups (broad SMARTS) is 1. The number of hydrogen-bond donors (Lipinski definition) is 2. The normalized spacial score (nSPS) is 14.3. The Bertz CT molecular complexity index is 1780. The average molecular weight is 533 g/mol. The zero-order chi connectivity index (χ0) is 27.8. The monoisotopic (exact) mass is 532 g/mol. The maximum Gasteiger partial charge on any atom is 0.337 e. The number of nitriles is 1. The van der Waals surface area contributed by atoms with Crippen LogP contribution in [0.5, 0.6) is 0 Å². The van der Waals surface area contributed by atoms with Crippen LogP contribution in [0.3, 0.4) is 0 Å². The second-order valence-corrected chi connectivity index (χ2v) is 10.0. The van der Waals surface area contributed by atoms with Gasteiger partial charge in [-0.3, -0.25) is 4.40 Å². The number of para-hydroxylation sites is 2. The first-order valence-electron chi connectivity index (χ1n) is 13.2. The van der Waals surface area contributed by atoms with Gasteiger partial charge in [0.2, 0.25) is 5.95 Å². The van der Waals surface area contributed by atoms with Crippen LogP contribution in [0.25, 0.3) is 16.6 Å². The first-order valence-corrected chi connectivity index (χ1v) is 13.2. The van der Waals surface area contributed by atoms with Gasteiger partial charge in [-0.25, -0.2) is 9.78 Å². The number of carbonyl (C=O) groups is 1. The van der Waals surface area contributed by atoms with Crippen molar-refractivity contribution in [3.05, 3.63) is 89.2 Å².